The second-order valence-electron chi connectivity index (χ2n) is 3.03. The second kappa shape index (κ2) is 4.28. The number of thiophene rings is 1. The van der Waals surface area contributed by atoms with Crippen molar-refractivity contribution in [2.75, 3.05) is 0 Å². The van der Waals surface area contributed by atoms with E-state index < -0.39 is 0 Å². The van der Waals surface area contributed by atoms with Gasteiger partial charge in [-0.2, -0.15) is 16.4 Å². The largest absolute Gasteiger partial charge is 0.282 e. The molecule has 14 heavy (non-hydrogen) atoms. The molecule has 2 aromatic heterocycles. The third kappa shape index (κ3) is 1.64. The highest BCUT2D eigenvalue weighted by molar-refractivity contribution is 9.08. The van der Waals surface area contributed by atoms with Gasteiger partial charge in [-0.15, -0.1) is 0 Å². The average Bonchev–Trinajstić information content (AvgIpc) is 2.85. The highest BCUT2D eigenvalue weighted by Gasteiger charge is 2.12. The molecule has 0 amide bonds. The molecule has 0 aromatic carbocycles. The van der Waals surface area contributed by atoms with Crippen LogP contribution in [0.1, 0.15) is 18.2 Å². The van der Waals surface area contributed by atoms with Crippen LogP contribution in [0.2, 0.25) is 0 Å². The van der Waals surface area contributed by atoms with E-state index in [4.69, 9.17) is 0 Å². The number of aryl methyl sites for hydroxylation is 1. The van der Waals surface area contributed by atoms with Crippen molar-refractivity contribution in [1.82, 2.24) is 10.2 Å². The number of hydrogen-bond donors (Lipinski definition) is 1. The molecule has 0 atom stereocenters. The Morgan fingerprint density at radius 3 is 3.00 bits per heavy atom. The van der Waals surface area contributed by atoms with Crippen molar-refractivity contribution in [1.29, 1.82) is 0 Å². The number of H-pyrrole nitrogens is 1. The SMILES string of the molecule is CCc1[nH]nc(-c2ccsc2)c1CBr. The predicted molar refractivity (Wildman–Crippen MR) is 63.9 cm³/mol. The van der Waals surface area contributed by atoms with Crippen LogP contribution >= 0.6 is 27.3 Å². The van der Waals surface area contributed by atoms with Crippen LogP contribution in [0.4, 0.5) is 0 Å². The Bertz CT molecular complexity index is 406. The van der Waals surface area contributed by atoms with Gasteiger partial charge in [0, 0.05) is 27.5 Å². The summed E-state index contributed by atoms with van der Waals surface area (Å²) in [5.41, 5.74) is 4.80. The third-order valence-corrected chi connectivity index (χ3v) is 3.48. The Kier molecular flexibility index (Phi) is 3.03. The van der Waals surface area contributed by atoms with E-state index in [1.165, 1.54) is 16.8 Å². The first kappa shape index (κ1) is 9.93. The first-order valence-electron chi connectivity index (χ1n) is 4.51. The van der Waals surface area contributed by atoms with E-state index in [1.54, 1.807) is 11.3 Å². The summed E-state index contributed by atoms with van der Waals surface area (Å²) in [6, 6.07) is 2.10. The van der Waals surface area contributed by atoms with Crippen molar-refractivity contribution >= 4 is 27.3 Å². The number of nitrogens with one attached hydrogen (secondary N) is 1. The smallest absolute Gasteiger partial charge is 0.0972 e. The quantitative estimate of drug-likeness (QED) is 0.849. The molecule has 2 aromatic rings. The molecular weight excluding hydrogens is 260 g/mol. The van der Waals surface area contributed by atoms with Crippen LogP contribution in [0.25, 0.3) is 11.3 Å². The standard InChI is InChI=1S/C10H11BrN2S/c1-2-9-8(5-11)10(13-12-9)7-3-4-14-6-7/h3-4,6H,2,5H2,1H3,(H,12,13). The zero-order chi connectivity index (χ0) is 9.97. The first-order chi connectivity index (χ1) is 6.86. The zero-order valence-corrected chi connectivity index (χ0v) is 10.3. The number of hydrogen-bond acceptors (Lipinski definition) is 2. The molecular formula is C10H11BrN2S. The Hall–Kier alpha value is -0.610. The predicted octanol–water partition coefficient (Wildman–Crippen LogP) is 3.60. The van der Waals surface area contributed by atoms with Crippen molar-refractivity contribution in [3.63, 3.8) is 0 Å². The first-order valence-corrected chi connectivity index (χ1v) is 6.58. The van der Waals surface area contributed by atoms with Crippen LogP contribution in [0.15, 0.2) is 16.8 Å². The lowest BCUT2D eigenvalue weighted by atomic mass is 10.1. The molecule has 2 heterocycles. The molecule has 0 radical (unpaired) electrons. The summed E-state index contributed by atoms with van der Waals surface area (Å²) in [7, 11) is 0. The minimum Gasteiger partial charge on any atom is -0.282 e. The molecule has 2 rings (SSSR count). The number of alkyl halides is 1. The van der Waals surface area contributed by atoms with E-state index in [-0.39, 0.29) is 0 Å². The van der Waals surface area contributed by atoms with Crippen molar-refractivity contribution in [3.8, 4) is 11.3 Å². The van der Waals surface area contributed by atoms with Crippen LogP contribution in [0.3, 0.4) is 0 Å². The molecule has 0 unspecified atom stereocenters. The molecule has 0 fully saturated rings. The molecule has 0 aliphatic rings. The topological polar surface area (TPSA) is 28.7 Å². The van der Waals surface area contributed by atoms with E-state index in [9.17, 15) is 0 Å². The second-order valence-corrected chi connectivity index (χ2v) is 4.37. The summed E-state index contributed by atoms with van der Waals surface area (Å²) in [5, 5.41) is 12.5. The van der Waals surface area contributed by atoms with Gasteiger partial charge < -0.3 is 0 Å². The summed E-state index contributed by atoms with van der Waals surface area (Å²) in [6.45, 7) is 2.14. The number of nitrogens with zero attached hydrogens (tertiary/aromatic N) is 1. The summed E-state index contributed by atoms with van der Waals surface area (Å²) >= 11 is 5.21. The summed E-state index contributed by atoms with van der Waals surface area (Å²) < 4.78 is 0. The Balaban J connectivity index is 2.48. The monoisotopic (exact) mass is 270 g/mol. The Labute approximate surface area is 95.5 Å². The minimum absolute atomic E-state index is 0.859. The number of aromatic amines is 1. The molecule has 0 bridgehead atoms. The van der Waals surface area contributed by atoms with E-state index in [0.29, 0.717) is 0 Å². The van der Waals surface area contributed by atoms with Gasteiger partial charge in [-0.3, -0.25) is 5.10 Å². The third-order valence-electron chi connectivity index (χ3n) is 2.23. The van der Waals surface area contributed by atoms with E-state index >= 15 is 0 Å². The van der Waals surface area contributed by atoms with Gasteiger partial charge in [0.15, 0.2) is 0 Å². The Morgan fingerprint density at radius 1 is 1.57 bits per heavy atom. The summed E-state index contributed by atoms with van der Waals surface area (Å²) in [6.07, 6.45) is 0.998. The van der Waals surface area contributed by atoms with Crippen LogP contribution in [-0.2, 0) is 11.8 Å². The van der Waals surface area contributed by atoms with Gasteiger partial charge >= 0.3 is 0 Å². The lowest BCUT2D eigenvalue weighted by Gasteiger charge is -1.97. The van der Waals surface area contributed by atoms with Crippen molar-refractivity contribution in [3.05, 3.63) is 28.1 Å². The normalized spacial score (nSPS) is 10.7. The van der Waals surface area contributed by atoms with Crippen LogP contribution in [-0.4, -0.2) is 10.2 Å². The van der Waals surface area contributed by atoms with E-state index in [1.807, 2.05) is 0 Å². The van der Waals surface area contributed by atoms with Gasteiger partial charge in [-0.25, -0.2) is 0 Å². The molecule has 0 aliphatic carbocycles. The van der Waals surface area contributed by atoms with Gasteiger partial charge in [0.25, 0.3) is 0 Å². The van der Waals surface area contributed by atoms with Gasteiger partial charge in [0.2, 0.25) is 0 Å². The molecule has 2 nitrogen and oxygen atoms in total. The van der Waals surface area contributed by atoms with Gasteiger partial charge in [-0.05, 0) is 17.9 Å². The lowest BCUT2D eigenvalue weighted by molar-refractivity contribution is 0.969. The molecule has 1 N–H and O–H groups in total. The van der Waals surface area contributed by atoms with Crippen molar-refractivity contribution in [2.45, 2.75) is 18.7 Å². The van der Waals surface area contributed by atoms with Crippen molar-refractivity contribution < 1.29 is 0 Å². The maximum atomic E-state index is 4.35. The van der Waals surface area contributed by atoms with Gasteiger partial charge in [0.05, 0.1) is 5.69 Å². The maximum absolute atomic E-state index is 4.35. The fourth-order valence-corrected chi connectivity index (χ4v) is 2.72. The molecule has 4 heteroatoms. The summed E-state index contributed by atoms with van der Waals surface area (Å²) in [5.74, 6) is 0. The summed E-state index contributed by atoms with van der Waals surface area (Å²) in [4.78, 5) is 0. The highest BCUT2D eigenvalue weighted by Crippen LogP contribution is 2.27. The molecule has 0 spiro atoms. The molecule has 0 saturated heterocycles. The van der Waals surface area contributed by atoms with Gasteiger partial charge in [-0.1, -0.05) is 22.9 Å². The fourth-order valence-electron chi connectivity index (χ4n) is 1.48. The zero-order valence-electron chi connectivity index (χ0n) is 7.88. The van der Waals surface area contributed by atoms with Gasteiger partial charge in [0.1, 0.15) is 0 Å². The lowest BCUT2D eigenvalue weighted by Crippen LogP contribution is -1.86. The van der Waals surface area contributed by atoms with Crippen molar-refractivity contribution in [2.24, 2.45) is 0 Å². The van der Waals surface area contributed by atoms with Crippen LogP contribution in [0, 0.1) is 0 Å². The van der Waals surface area contributed by atoms with Crippen LogP contribution in [0.5, 0.6) is 0 Å². The average molecular weight is 271 g/mol. The maximum Gasteiger partial charge on any atom is 0.0972 e. The number of rotatable bonds is 3. The fraction of sp³-hybridized carbons (Fsp3) is 0.300. The molecule has 0 saturated carbocycles. The molecule has 74 valence electrons. The van der Waals surface area contributed by atoms with E-state index in [2.05, 4.69) is 49.9 Å². The minimum atomic E-state index is 0.859. The number of aromatic nitrogens is 2. The highest BCUT2D eigenvalue weighted by atomic mass is 79.9. The van der Waals surface area contributed by atoms with E-state index in [0.717, 1.165) is 17.4 Å². The Morgan fingerprint density at radius 2 is 2.43 bits per heavy atom. The number of halogens is 1. The molecule has 0 aliphatic heterocycles. The van der Waals surface area contributed by atoms with Crippen LogP contribution < -0.4 is 0 Å².